The van der Waals surface area contributed by atoms with Crippen LogP contribution in [0.3, 0.4) is 0 Å². The first-order chi connectivity index (χ1) is 9.15. The second-order valence-electron chi connectivity index (χ2n) is 3.76. The number of amides is 1. The van der Waals surface area contributed by atoms with E-state index in [2.05, 4.69) is 26.5 Å². The van der Waals surface area contributed by atoms with Gasteiger partial charge in [-0.05, 0) is 35.9 Å². The summed E-state index contributed by atoms with van der Waals surface area (Å²) in [6, 6.07) is 14.3. The molecule has 0 unspecified atom stereocenters. The number of rotatable bonds is 3. The molecule has 5 heteroatoms. The zero-order chi connectivity index (χ0) is 13.7. The Bertz CT molecular complexity index is 611. The number of carbonyl (C=O) groups is 1. The summed E-state index contributed by atoms with van der Waals surface area (Å²) in [7, 11) is 0. The van der Waals surface area contributed by atoms with E-state index in [9.17, 15) is 4.79 Å². The summed E-state index contributed by atoms with van der Waals surface area (Å²) in [5, 5.41) is 4.41. The topological polar surface area (TPSA) is 41.5 Å². The zero-order valence-corrected chi connectivity index (χ0v) is 12.1. The summed E-state index contributed by atoms with van der Waals surface area (Å²) in [6.45, 7) is 0. The molecular formula is C14H10BrClN2O. The average molecular weight is 338 g/mol. The fourth-order valence-corrected chi connectivity index (χ4v) is 1.86. The van der Waals surface area contributed by atoms with Crippen LogP contribution in [-0.2, 0) is 0 Å². The quantitative estimate of drug-likeness (QED) is 0.670. The van der Waals surface area contributed by atoms with Gasteiger partial charge in [0.2, 0.25) is 0 Å². The fourth-order valence-electron chi connectivity index (χ4n) is 1.41. The van der Waals surface area contributed by atoms with Gasteiger partial charge < -0.3 is 0 Å². The minimum atomic E-state index is -0.295. The minimum absolute atomic E-state index is 0.295. The van der Waals surface area contributed by atoms with Crippen LogP contribution in [0.15, 0.2) is 58.1 Å². The van der Waals surface area contributed by atoms with Crippen LogP contribution < -0.4 is 5.43 Å². The molecule has 0 atom stereocenters. The Labute approximate surface area is 124 Å². The number of nitrogens with zero attached hydrogens (tertiary/aromatic N) is 1. The third kappa shape index (κ3) is 4.19. The summed E-state index contributed by atoms with van der Waals surface area (Å²) in [6.07, 6.45) is 1.58. The van der Waals surface area contributed by atoms with Crippen molar-refractivity contribution >= 4 is 39.7 Å². The molecule has 0 aromatic heterocycles. The van der Waals surface area contributed by atoms with Crippen molar-refractivity contribution in [2.75, 3.05) is 0 Å². The van der Waals surface area contributed by atoms with Gasteiger partial charge >= 0.3 is 0 Å². The predicted octanol–water partition coefficient (Wildman–Crippen LogP) is 3.87. The van der Waals surface area contributed by atoms with Gasteiger partial charge in [0, 0.05) is 15.1 Å². The van der Waals surface area contributed by atoms with Gasteiger partial charge in [-0.25, -0.2) is 5.43 Å². The molecule has 2 rings (SSSR count). The number of halogens is 2. The summed E-state index contributed by atoms with van der Waals surface area (Å²) in [5.74, 6) is -0.295. The number of nitrogens with one attached hydrogen (secondary N) is 1. The maximum Gasteiger partial charge on any atom is 0.271 e. The highest BCUT2D eigenvalue weighted by Crippen LogP contribution is 2.10. The lowest BCUT2D eigenvalue weighted by molar-refractivity contribution is 0.0955. The van der Waals surface area contributed by atoms with Gasteiger partial charge in [0.25, 0.3) is 5.91 Å². The molecular weight excluding hydrogens is 328 g/mol. The van der Waals surface area contributed by atoms with Crippen LogP contribution in [0.5, 0.6) is 0 Å². The molecule has 2 aromatic rings. The summed E-state index contributed by atoms with van der Waals surface area (Å²) >= 11 is 9.16. The molecule has 0 fully saturated rings. The normalized spacial score (nSPS) is 10.6. The number of hydrogen-bond donors (Lipinski definition) is 1. The minimum Gasteiger partial charge on any atom is -0.267 e. The van der Waals surface area contributed by atoms with Crippen molar-refractivity contribution in [2.24, 2.45) is 5.10 Å². The van der Waals surface area contributed by atoms with E-state index in [1.54, 1.807) is 30.5 Å². The van der Waals surface area contributed by atoms with E-state index in [-0.39, 0.29) is 5.91 Å². The van der Waals surface area contributed by atoms with Gasteiger partial charge in [-0.1, -0.05) is 45.7 Å². The van der Waals surface area contributed by atoms with Crippen LogP contribution in [0.2, 0.25) is 5.02 Å². The Balaban J connectivity index is 1.98. The number of hydrogen-bond acceptors (Lipinski definition) is 2. The Morgan fingerprint density at radius 3 is 2.63 bits per heavy atom. The highest BCUT2D eigenvalue weighted by molar-refractivity contribution is 9.10. The molecule has 0 aliphatic rings. The molecule has 0 aliphatic heterocycles. The smallest absolute Gasteiger partial charge is 0.267 e. The van der Waals surface area contributed by atoms with Gasteiger partial charge in [-0.15, -0.1) is 0 Å². The molecule has 1 amide bonds. The molecule has 96 valence electrons. The summed E-state index contributed by atoms with van der Waals surface area (Å²) < 4.78 is 0.993. The van der Waals surface area contributed by atoms with Crippen LogP contribution >= 0.6 is 27.5 Å². The van der Waals surface area contributed by atoms with Crippen LogP contribution in [0.1, 0.15) is 15.9 Å². The lowest BCUT2D eigenvalue weighted by Gasteiger charge is -2.00. The van der Waals surface area contributed by atoms with E-state index >= 15 is 0 Å². The second-order valence-corrected chi connectivity index (χ2v) is 5.11. The van der Waals surface area contributed by atoms with E-state index in [4.69, 9.17) is 11.6 Å². The maximum absolute atomic E-state index is 11.8. The maximum atomic E-state index is 11.8. The van der Waals surface area contributed by atoms with Crippen molar-refractivity contribution in [3.63, 3.8) is 0 Å². The van der Waals surface area contributed by atoms with Crippen molar-refractivity contribution in [1.29, 1.82) is 0 Å². The largest absolute Gasteiger partial charge is 0.271 e. The van der Waals surface area contributed by atoms with E-state index in [1.165, 1.54) is 0 Å². The van der Waals surface area contributed by atoms with Crippen LogP contribution in [0.25, 0.3) is 0 Å². The molecule has 3 nitrogen and oxygen atoms in total. The Morgan fingerprint density at radius 2 is 1.95 bits per heavy atom. The van der Waals surface area contributed by atoms with Crippen molar-refractivity contribution in [1.82, 2.24) is 5.43 Å². The molecule has 0 radical (unpaired) electrons. The van der Waals surface area contributed by atoms with Crippen molar-refractivity contribution in [2.45, 2.75) is 0 Å². The highest BCUT2D eigenvalue weighted by Gasteiger charge is 2.03. The first-order valence-corrected chi connectivity index (χ1v) is 6.67. The van der Waals surface area contributed by atoms with E-state index < -0.39 is 0 Å². The molecule has 0 bridgehead atoms. The van der Waals surface area contributed by atoms with Gasteiger partial charge in [0.1, 0.15) is 0 Å². The Morgan fingerprint density at radius 1 is 1.21 bits per heavy atom. The van der Waals surface area contributed by atoms with Gasteiger partial charge in [0.05, 0.1) is 6.21 Å². The number of hydrazone groups is 1. The first kappa shape index (κ1) is 13.8. The lowest BCUT2D eigenvalue weighted by atomic mass is 10.2. The van der Waals surface area contributed by atoms with Crippen molar-refractivity contribution in [3.8, 4) is 0 Å². The number of carbonyl (C=O) groups excluding carboxylic acids is 1. The summed E-state index contributed by atoms with van der Waals surface area (Å²) in [5.41, 5.74) is 3.82. The molecule has 1 N–H and O–H groups in total. The fraction of sp³-hybridized carbons (Fsp3) is 0. The van der Waals surface area contributed by atoms with Crippen molar-refractivity contribution < 1.29 is 4.79 Å². The zero-order valence-electron chi connectivity index (χ0n) is 9.81. The molecule has 19 heavy (non-hydrogen) atoms. The second kappa shape index (κ2) is 6.50. The molecule has 0 saturated heterocycles. The standard InChI is InChI=1S/C14H10BrClN2O/c15-12-6-4-10(5-7-12)9-17-18-14(19)11-2-1-3-13(16)8-11/h1-9H,(H,18,19)/b17-9+. The highest BCUT2D eigenvalue weighted by atomic mass is 79.9. The average Bonchev–Trinajstić information content (AvgIpc) is 2.41. The predicted molar refractivity (Wildman–Crippen MR) is 80.7 cm³/mol. The van der Waals surface area contributed by atoms with E-state index in [1.807, 2.05) is 24.3 Å². The van der Waals surface area contributed by atoms with E-state index in [0.29, 0.717) is 10.6 Å². The lowest BCUT2D eigenvalue weighted by Crippen LogP contribution is -2.17. The van der Waals surface area contributed by atoms with Gasteiger partial charge in [-0.3, -0.25) is 4.79 Å². The molecule has 0 spiro atoms. The molecule has 0 heterocycles. The van der Waals surface area contributed by atoms with Crippen LogP contribution in [-0.4, -0.2) is 12.1 Å². The first-order valence-electron chi connectivity index (χ1n) is 5.50. The van der Waals surface area contributed by atoms with Crippen LogP contribution in [0, 0.1) is 0 Å². The molecule has 2 aromatic carbocycles. The Hall–Kier alpha value is -1.65. The molecule has 0 saturated carbocycles. The number of benzene rings is 2. The SMILES string of the molecule is O=C(N/N=C/c1ccc(Br)cc1)c1cccc(Cl)c1. The van der Waals surface area contributed by atoms with Crippen molar-refractivity contribution in [3.05, 3.63) is 69.2 Å². The third-order valence-electron chi connectivity index (χ3n) is 2.34. The van der Waals surface area contributed by atoms with Crippen LogP contribution in [0.4, 0.5) is 0 Å². The molecule has 0 aliphatic carbocycles. The van der Waals surface area contributed by atoms with Gasteiger partial charge in [0.15, 0.2) is 0 Å². The van der Waals surface area contributed by atoms with Gasteiger partial charge in [-0.2, -0.15) is 5.10 Å². The van der Waals surface area contributed by atoms with E-state index in [0.717, 1.165) is 10.0 Å². The third-order valence-corrected chi connectivity index (χ3v) is 3.10. The summed E-state index contributed by atoms with van der Waals surface area (Å²) in [4.78, 5) is 11.8. The Kier molecular flexibility index (Phi) is 4.71. The monoisotopic (exact) mass is 336 g/mol.